The van der Waals surface area contributed by atoms with Gasteiger partial charge in [-0.15, -0.1) is 0 Å². The number of halogens is 2. The number of benzene rings is 1. The molecule has 2 rings (SSSR count). The van der Waals surface area contributed by atoms with E-state index < -0.39 is 0 Å². The molecule has 0 aliphatic carbocycles. The van der Waals surface area contributed by atoms with Crippen LogP contribution in [0.15, 0.2) is 48.8 Å². The topological polar surface area (TPSA) is 30.0 Å². The standard InChI is InChI=1S/C14H9Cl2NO/c15-11-4-5-12(13(16)8-11)14(18)6-3-10-2-1-7-17-9-10/h1-9H/b6-3+. The molecule has 0 unspecified atom stereocenters. The third kappa shape index (κ3) is 3.19. The minimum atomic E-state index is -0.166. The molecule has 0 amide bonds. The van der Waals surface area contributed by atoms with E-state index in [1.807, 2.05) is 6.07 Å². The lowest BCUT2D eigenvalue weighted by Gasteiger charge is -2.00. The van der Waals surface area contributed by atoms with E-state index in [0.717, 1.165) is 5.56 Å². The third-order valence-electron chi connectivity index (χ3n) is 2.31. The molecule has 2 nitrogen and oxygen atoms in total. The second kappa shape index (κ2) is 5.80. The number of carbonyl (C=O) groups excluding carboxylic acids is 1. The summed E-state index contributed by atoms with van der Waals surface area (Å²) < 4.78 is 0. The first kappa shape index (κ1) is 12.8. The first-order chi connectivity index (χ1) is 8.66. The second-order valence-electron chi connectivity index (χ2n) is 3.61. The third-order valence-corrected chi connectivity index (χ3v) is 2.86. The van der Waals surface area contributed by atoms with Gasteiger partial charge in [0, 0.05) is 23.0 Å². The molecule has 0 spiro atoms. The molecule has 0 aliphatic heterocycles. The molecule has 1 aromatic heterocycles. The normalized spacial score (nSPS) is 10.8. The van der Waals surface area contributed by atoms with Crippen molar-refractivity contribution in [3.8, 4) is 0 Å². The average molecular weight is 278 g/mol. The number of hydrogen-bond acceptors (Lipinski definition) is 2. The van der Waals surface area contributed by atoms with Crippen molar-refractivity contribution in [2.75, 3.05) is 0 Å². The Kier molecular flexibility index (Phi) is 4.13. The van der Waals surface area contributed by atoms with Crippen molar-refractivity contribution in [1.82, 2.24) is 4.98 Å². The molecule has 0 radical (unpaired) electrons. The maximum Gasteiger partial charge on any atom is 0.187 e. The van der Waals surface area contributed by atoms with Gasteiger partial charge in [-0.3, -0.25) is 9.78 Å². The van der Waals surface area contributed by atoms with Gasteiger partial charge in [0.25, 0.3) is 0 Å². The van der Waals surface area contributed by atoms with Crippen LogP contribution < -0.4 is 0 Å². The Bertz CT molecular complexity index is 594. The molecule has 0 saturated carbocycles. The summed E-state index contributed by atoms with van der Waals surface area (Å²) in [6, 6.07) is 8.47. The highest BCUT2D eigenvalue weighted by Gasteiger charge is 2.07. The predicted molar refractivity (Wildman–Crippen MR) is 74.1 cm³/mol. The largest absolute Gasteiger partial charge is 0.289 e. The molecule has 0 aliphatic rings. The van der Waals surface area contributed by atoms with E-state index in [0.29, 0.717) is 15.6 Å². The fourth-order valence-electron chi connectivity index (χ4n) is 1.43. The minimum Gasteiger partial charge on any atom is -0.289 e. The number of hydrogen-bond donors (Lipinski definition) is 0. The van der Waals surface area contributed by atoms with Gasteiger partial charge < -0.3 is 0 Å². The highest BCUT2D eigenvalue weighted by Crippen LogP contribution is 2.21. The zero-order valence-electron chi connectivity index (χ0n) is 9.31. The number of ketones is 1. The monoisotopic (exact) mass is 277 g/mol. The Morgan fingerprint density at radius 2 is 2.06 bits per heavy atom. The molecule has 0 atom stereocenters. The van der Waals surface area contributed by atoms with Gasteiger partial charge in [-0.1, -0.05) is 29.3 Å². The molecule has 0 saturated heterocycles. The Morgan fingerprint density at radius 1 is 1.22 bits per heavy atom. The SMILES string of the molecule is O=C(/C=C/c1cccnc1)c1ccc(Cl)cc1Cl. The van der Waals surface area contributed by atoms with E-state index in [4.69, 9.17) is 23.2 Å². The van der Waals surface area contributed by atoms with Gasteiger partial charge in [-0.25, -0.2) is 0 Å². The van der Waals surface area contributed by atoms with E-state index in [1.54, 1.807) is 42.7 Å². The van der Waals surface area contributed by atoms with Crippen molar-refractivity contribution in [2.24, 2.45) is 0 Å². The smallest absolute Gasteiger partial charge is 0.187 e. The summed E-state index contributed by atoms with van der Waals surface area (Å²) in [6.07, 6.45) is 6.51. The fraction of sp³-hybridized carbons (Fsp3) is 0. The van der Waals surface area contributed by atoms with Gasteiger partial charge in [-0.05, 0) is 42.0 Å². The summed E-state index contributed by atoms with van der Waals surface area (Å²) in [5.41, 5.74) is 1.29. The number of carbonyl (C=O) groups is 1. The summed E-state index contributed by atoms with van der Waals surface area (Å²) >= 11 is 11.7. The zero-order valence-corrected chi connectivity index (χ0v) is 10.8. The molecule has 18 heavy (non-hydrogen) atoms. The number of aromatic nitrogens is 1. The maximum atomic E-state index is 11.9. The minimum absolute atomic E-state index is 0.166. The molecule has 90 valence electrons. The molecule has 4 heteroatoms. The van der Waals surface area contributed by atoms with Crippen LogP contribution in [0.1, 0.15) is 15.9 Å². The molecule has 0 bridgehead atoms. The predicted octanol–water partition coefficient (Wildman–Crippen LogP) is 4.28. The van der Waals surface area contributed by atoms with E-state index in [1.165, 1.54) is 6.08 Å². The number of rotatable bonds is 3. The van der Waals surface area contributed by atoms with Crippen molar-refractivity contribution < 1.29 is 4.79 Å². The van der Waals surface area contributed by atoms with Crippen LogP contribution in [0.3, 0.4) is 0 Å². The summed E-state index contributed by atoms with van der Waals surface area (Å²) in [7, 11) is 0. The molecule has 1 heterocycles. The molecule has 1 aromatic carbocycles. The van der Waals surface area contributed by atoms with Crippen LogP contribution in [0.4, 0.5) is 0 Å². The highest BCUT2D eigenvalue weighted by molar-refractivity contribution is 6.37. The first-order valence-corrected chi connectivity index (χ1v) is 6.00. The van der Waals surface area contributed by atoms with Crippen LogP contribution in [0.2, 0.25) is 10.0 Å². The first-order valence-electron chi connectivity index (χ1n) is 5.24. The van der Waals surface area contributed by atoms with Crippen molar-refractivity contribution in [1.29, 1.82) is 0 Å². The van der Waals surface area contributed by atoms with Crippen molar-refractivity contribution in [3.63, 3.8) is 0 Å². The van der Waals surface area contributed by atoms with E-state index in [9.17, 15) is 4.79 Å². The van der Waals surface area contributed by atoms with Gasteiger partial charge in [0.15, 0.2) is 5.78 Å². The molecule has 2 aromatic rings. The number of nitrogens with zero attached hydrogens (tertiary/aromatic N) is 1. The second-order valence-corrected chi connectivity index (χ2v) is 4.45. The van der Waals surface area contributed by atoms with Gasteiger partial charge in [0.1, 0.15) is 0 Å². The summed E-state index contributed by atoms with van der Waals surface area (Å²) in [5.74, 6) is -0.166. The Labute approximate surface area is 115 Å². The van der Waals surface area contributed by atoms with Crippen LogP contribution in [-0.2, 0) is 0 Å². The van der Waals surface area contributed by atoms with E-state index in [2.05, 4.69) is 4.98 Å². The molecular formula is C14H9Cl2NO. The summed E-state index contributed by atoms with van der Waals surface area (Å²) in [4.78, 5) is 15.9. The van der Waals surface area contributed by atoms with E-state index >= 15 is 0 Å². The van der Waals surface area contributed by atoms with Crippen LogP contribution in [-0.4, -0.2) is 10.8 Å². The van der Waals surface area contributed by atoms with Crippen LogP contribution in [0, 0.1) is 0 Å². The summed E-state index contributed by atoms with van der Waals surface area (Å²) in [5, 5.41) is 0.858. The van der Waals surface area contributed by atoms with Crippen molar-refractivity contribution in [2.45, 2.75) is 0 Å². The Morgan fingerprint density at radius 3 is 2.72 bits per heavy atom. The number of pyridine rings is 1. The van der Waals surface area contributed by atoms with Gasteiger partial charge in [0.2, 0.25) is 0 Å². The van der Waals surface area contributed by atoms with Crippen LogP contribution >= 0.6 is 23.2 Å². The lowest BCUT2D eigenvalue weighted by atomic mass is 10.1. The Balaban J connectivity index is 2.20. The van der Waals surface area contributed by atoms with Gasteiger partial charge in [-0.2, -0.15) is 0 Å². The Hall–Kier alpha value is -1.64. The lowest BCUT2D eigenvalue weighted by Crippen LogP contribution is -1.95. The fourth-order valence-corrected chi connectivity index (χ4v) is 1.93. The maximum absolute atomic E-state index is 11.9. The van der Waals surface area contributed by atoms with Crippen molar-refractivity contribution >= 4 is 35.1 Å². The van der Waals surface area contributed by atoms with Crippen LogP contribution in [0.25, 0.3) is 6.08 Å². The molecular weight excluding hydrogens is 269 g/mol. The van der Waals surface area contributed by atoms with Crippen LogP contribution in [0.5, 0.6) is 0 Å². The summed E-state index contributed by atoms with van der Waals surface area (Å²) in [6.45, 7) is 0. The number of allylic oxidation sites excluding steroid dienone is 1. The molecule has 0 fully saturated rings. The lowest BCUT2D eigenvalue weighted by molar-refractivity contribution is 0.104. The zero-order chi connectivity index (χ0) is 13.0. The molecule has 0 N–H and O–H groups in total. The van der Waals surface area contributed by atoms with Gasteiger partial charge in [0.05, 0.1) is 5.02 Å². The average Bonchev–Trinajstić information content (AvgIpc) is 2.37. The highest BCUT2D eigenvalue weighted by atomic mass is 35.5. The van der Waals surface area contributed by atoms with Crippen molar-refractivity contribution in [3.05, 3.63) is 70.0 Å². The quantitative estimate of drug-likeness (QED) is 0.619. The van der Waals surface area contributed by atoms with E-state index in [-0.39, 0.29) is 5.78 Å². The van der Waals surface area contributed by atoms with Gasteiger partial charge >= 0.3 is 0 Å².